The highest BCUT2D eigenvalue weighted by Gasteiger charge is 2.28. The first-order valence-electron chi connectivity index (χ1n) is 7.99. The molecule has 0 bridgehead atoms. The number of carboxylic acids is 1. The Morgan fingerprint density at radius 1 is 1.19 bits per heavy atom. The van der Waals surface area contributed by atoms with Gasteiger partial charge in [0.1, 0.15) is 0 Å². The zero-order valence-corrected chi connectivity index (χ0v) is 13.8. The average Bonchev–Trinajstić information content (AvgIpc) is 2.38. The summed E-state index contributed by atoms with van der Waals surface area (Å²) in [4.78, 5) is 24.8. The van der Waals surface area contributed by atoms with E-state index in [1.807, 2.05) is 11.8 Å². The van der Waals surface area contributed by atoms with E-state index in [2.05, 4.69) is 19.2 Å². The molecular weight excluding hydrogens is 268 g/mol. The van der Waals surface area contributed by atoms with Crippen molar-refractivity contribution in [2.75, 3.05) is 13.1 Å². The summed E-state index contributed by atoms with van der Waals surface area (Å²) in [5.41, 5.74) is 0.343. The quantitative estimate of drug-likeness (QED) is 0.791. The van der Waals surface area contributed by atoms with Gasteiger partial charge in [-0.3, -0.25) is 4.79 Å². The molecule has 122 valence electrons. The van der Waals surface area contributed by atoms with Crippen LogP contribution in [0.1, 0.15) is 59.8 Å². The van der Waals surface area contributed by atoms with Gasteiger partial charge in [0.25, 0.3) is 0 Å². The van der Waals surface area contributed by atoms with E-state index in [1.165, 1.54) is 0 Å². The number of hydrogen-bond acceptors (Lipinski definition) is 2. The summed E-state index contributed by atoms with van der Waals surface area (Å²) in [5, 5.41) is 11.8. The monoisotopic (exact) mass is 298 g/mol. The van der Waals surface area contributed by atoms with Crippen molar-refractivity contribution in [2.45, 2.75) is 65.8 Å². The molecule has 1 heterocycles. The molecule has 1 saturated heterocycles. The standard InChI is InChI=1S/C16H30N2O3/c1-12(14(19)20)6-5-7-13(2)17-15(21)18-10-8-16(3,4)9-11-18/h12-13H,5-11H2,1-4H3,(H,17,21)(H,19,20). The Kier molecular flexibility index (Phi) is 6.49. The van der Waals surface area contributed by atoms with Crippen LogP contribution < -0.4 is 5.32 Å². The van der Waals surface area contributed by atoms with Crippen molar-refractivity contribution >= 4 is 12.0 Å². The Bertz CT molecular complexity index is 359. The van der Waals surface area contributed by atoms with E-state index in [4.69, 9.17) is 5.11 Å². The van der Waals surface area contributed by atoms with E-state index in [0.29, 0.717) is 11.8 Å². The number of carboxylic acid groups (broad SMARTS) is 1. The van der Waals surface area contributed by atoms with E-state index in [1.54, 1.807) is 6.92 Å². The van der Waals surface area contributed by atoms with E-state index in [0.717, 1.165) is 38.8 Å². The maximum absolute atomic E-state index is 12.1. The molecule has 0 saturated carbocycles. The highest BCUT2D eigenvalue weighted by molar-refractivity contribution is 5.74. The van der Waals surface area contributed by atoms with Crippen molar-refractivity contribution in [3.63, 3.8) is 0 Å². The van der Waals surface area contributed by atoms with E-state index in [9.17, 15) is 9.59 Å². The number of nitrogens with zero attached hydrogens (tertiary/aromatic N) is 1. The summed E-state index contributed by atoms with van der Waals surface area (Å²) in [5.74, 6) is -1.06. The van der Waals surface area contributed by atoms with Gasteiger partial charge >= 0.3 is 12.0 Å². The maximum atomic E-state index is 12.1. The van der Waals surface area contributed by atoms with Crippen molar-refractivity contribution in [2.24, 2.45) is 11.3 Å². The minimum Gasteiger partial charge on any atom is -0.481 e. The van der Waals surface area contributed by atoms with E-state index in [-0.39, 0.29) is 18.0 Å². The first kappa shape index (κ1) is 17.8. The molecule has 2 unspecified atom stereocenters. The van der Waals surface area contributed by atoms with Crippen molar-refractivity contribution < 1.29 is 14.7 Å². The smallest absolute Gasteiger partial charge is 0.317 e. The van der Waals surface area contributed by atoms with Crippen LogP contribution in [-0.4, -0.2) is 41.1 Å². The van der Waals surface area contributed by atoms with Crippen LogP contribution in [0, 0.1) is 11.3 Å². The van der Waals surface area contributed by atoms with Crippen LogP contribution in [0.5, 0.6) is 0 Å². The van der Waals surface area contributed by atoms with Crippen LogP contribution >= 0.6 is 0 Å². The SMILES string of the molecule is CC(CCCC(C)C(=O)O)NC(=O)N1CCC(C)(C)CC1. The van der Waals surface area contributed by atoms with Gasteiger partial charge in [0.2, 0.25) is 0 Å². The molecule has 5 heteroatoms. The summed E-state index contributed by atoms with van der Waals surface area (Å²) >= 11 is 0. The lowest BCUT2D eigenvalue weighted by Crippen LogP contribution is -2.48. The highest BCUT2D eigenvalue weighted by atomic mass is 16.4. The second-order valence-electron chi connectivity index (χ2n) is 7.17. The Labute approximate surface area is 128 Å². The van der Waals surface area contributed by atoms with Crippen molar-refractivity contribution in [3.05, 3.63) is 0 Å². The molecule has 0 spiro atoms. The second-order valence-corrected chi connectivity index (χ2v) is 7.17. The number of carbonyl (C=O) groups excluding carboxylic acids is 1. The zero-order valence-electron chi connectivity index (χ0n) is 13.8. The van der Waals surface area contributed by atoms with Crippen LogP contribution in [0.15, 0.2) is 0 Å². The molecule has 1 aliphatic rings. The first-order valence-corrected chi connectivity index (χ1v) is 7.99. The van der Waals surface area contributed by atoms with Gasteiger partial charge in [-0.15, -0.1) is 0 Å². The number of likely N-dealkylation sites (tertiary alicyclic amines) is 1. The third-order valence-electron chi connectivity index (χ3n) is 4.47. The lowest BCUT2D eigenvalue weighted by atomic mass is 9.83. The van der Waals surface area contributed by atoms with Crippen LogP contribution in [0.25, 0.3) is 0 Å². The number of piperidine rings is 1. The maximum Gasteiger partial charge on any atom is 0.317 e. The molecule has 21 heavy (non-hydrogen) atoms. The number of amides is 2. The number of carbonyl (C=O) groups is 2. The van der Waals surface area contributed by atoms with E-state index < -0.39 is 5.97 Å². The third-order valence-corrected chi connectivity index (χ3v) is 4.47. The van der Waals surface area contributed by atoms with Gasteiger partial charge in [-0.05, 0) is 38.0 Å². The number of urea groups is 1. The number of nitrogens with one attached hydrogen (secondary N) is 1. The lowest BCUT2D eigenvalue weighted by molar-refractivity contribution is -0.141. The molecule has 2 atom stereocenters. The molecule has 0 radical (unpaired) electrons. The predicted octanol–water partition coefficient (Wildman–Crippen LogP) is 3.10. The third kappa shape index (κ3) is 6.36. The van der Waals surface area contributed by atoms with E-state index >= 15 is 0 Å². The summed E-state index contributed by atoms with van der Waals surface area (Å²) in [6, 6.07) is 0.109. The fourth-order valence-corrected chi connectivity index (χ4v) is 2.54. The molecule has 0 aliphatic carbocycles. The van der Waals surface area contributed by atoms with Crippen molar-refractivity contribution in [3.8, 4) is 0 Å². The molecule has 2 N–H and O–H groups in total. The lowest BCUT2D eigenvalue weighted by Gasteiger charge is -2.37. The average molecular weight is 298 g/mol. The van der Waals surface area contributed by atoms with Gasteiger partial charge in [-0.2, -0.15) is 0 Å². The van der Waals surface area contributed by atoms with Crippen LogP contribution in [-0.2, 0) is 4.79 Å². The summed E-state index contributed by atoms with van der Waals surface area (Å²) < 4.78 is 0. The molecule has 5 nitrogen and oxygen atoms in total. The molecule has 0 aromatic carbocycles. The normalized spacial score (nSPS) is 20.7. The summed E-state index contributed by atoms with van der Waals surface area (Å²) in [6.45, 7) is 9.84. The molecule has 1 fully saturated rings. The minimum absolute atomic E-state index is 0.0179. The largest absolute Gasteiger partial charge is 0.481 e. The molecule has 2 amide bonds. The van der Waals surface area contributed by atoms with Gasteiger partial charge in [-0.25, -0.2) is 4.79 Å². The Hall–Kier alpha value is -1.26. The van der Waals surface area contributed by atoms with Gasteiger partial charge in [0.05, 0.1) is 5.92 Å². The highest BCUT2D eigenvalue weighted by Crippen LogP contribution is 2.29. The minimum atomic E-state index is -0.748. The Morgan fingerprint density at radius 2 is 1.76 bits per heavy atom. The van der Waals surface area contributed by atoms with Crippen molar-refractivity contribution in [1.29, 1.82) is 0 Å². The fourth-order valence-electron chi connectivity index (χ4n) is 2.54. The summed E-state index contributed by atoms with van der Waals surface area (Å²) in [7, 11) is 0. The van der Waals surface area contributed by atoms with Crippen LogP contribution in [0.3, 0.4) is 0 Å². The number of rotatable bonds is 6. The topological polar surface area (TPSA) is 69.6 Å². The molecular formula is C16H30N2O3. The van der Waals surface area contributed by atoms with Gasteiger partial charge in [-0.1, -0.05) is 27.2 Å². The second kappa shape index (κ2) is 7.66. The molecule has 0 aromatic rings. The molecule has 1 rings (SSSR count). The van der Waals surface area contributed by atoms with Crippen LogP contribution in [0.4, 0.5) is 4.79 Å². The fraction of sp³-hybridized carbons (Fsp3) is 0.875. The molecule has 1 aliphatic heterocycles. The van der Waals surface area contributed by atoms with Gasteiger partial charge in [0.15, 0.2) is 0 Å². The predicted molar refractivity (Wildman–Crippen MR) is 83.2 cm³/mol. The Balaban J connectivity index is 2.23. The van der Waals surface area contributed by atoms with Crippen LogP contribution in [0.2, 0.25) is 0 Å². The zero-order chi connectivity index (χ0) is 16.0. The van der Waals surface area contributed by atoms with Gasteiger partial charge < -0.3 is 15.3 Å². The Morgan fingerprint density at radius 3 is 2.29 bits per heavy atom. The first-order chi connectivity index (χ1) is 9.71. The number of hydrogen-bond donors (Lipinski definition) is 2. The van der Waals surface area contributed by atoms with Gasteiger partial charge in [0, 0.05) is 19.1 Å². The van der Waals surface area contributed by atoms with Crippen molar-refractivity contribution in [1.82, 2.24) is 10.2 Å². The molecule has 0 aromatic heterocycles. The summed E-state index contributed by atoms with van der Waals surface area (Å²) in [6.07, 6.45) is 4.40. The number of aliphatic carboxylic acids is 1.